The van der Waals surface area contributed by atoms with Gasteiger partial charge in [0.15, 0.2) is 0 Å². The Morgan fingerprint density at radius 2 is 2.04 bits per heavy atom. The lowest BCUT2D eigenvalue weighted by Crippen LogP contribution is -2.17. The summed E-state index contributed by atoms with van der Waals surface area (Å²) in [6.07, 6.45) is 3.14. The number of hydrazone groups is 1. The van der Waals surface area contributed by atoms with E-state index in [-0.39, 0.29) is 5.91 Å². The van der Waals surface area contributed by atoms with Gasteiger partial charge < -0.3 is 4.74 Å². The van der Waals surface area contributed by atoms with Crippen LogP contribution in [0.15, 0.2) is 60.2 Å². The van der Waals surface area contributed by atoms with Gasteiger partial charge in [0.05, 0.1) is 6.21 Å². The summed E-state index contributed by atoms with van der Waals surface area (Å²) >= 11 is 8.16. The fourth-order valence-electron chi connectivity index (χ4n) is 1.73. The lowest BCUT2D eigenvalue weighted by Gasteiger charge is -2.07. The molecule has 0 unspecified atom stereocenters. The van der Waals surface area contributed by atoms with E-state index < -0.39 is 0 Å². The summed E-state index contributed by atoms with van der Waals surface area (Å²) in [4.78, 5) is 12.0. The van der Waals surface area contributed by atoms with E-state index in [4.69, 9.17) is 16.3 Å². The predicted molar refractivity (Wildman–Crippen MR) is 101 cm³/mol. The smallest absolute Gasteiger partial charge is 0.271 e. The molecular weight excluding hydrogens is 427 g/mol. The summed E-state index contributed by atoms with van der Waals surface area (Å²) in [5.41, 5.74) is 3.69. The van der Waals surface area contributed by atoms with Gasteiger partial charge in [-0.05, 0) is 65.1 Å². The number of carbonyl (C=O) groups excluding carboxylic acids is 1. The van der Waals surface area contributed by atoms with Crippen molar-refractivity contribution in [3.8, 4) is 5.75 Å². The largest absolute Gasteiger partial charge is 0.489 e. The van der Waals surface area contributed by atoms with E-state index in [0.29, 0.717) is 28.5 Å². The number of rotatable bonds is 6. The first-order chi connectivity index (χ1) is 11.1. The average molecular weight is 441 g/mol. The number of hydrogen-bond acceptors (Lipinski definition) is 3. The van der Waals surface area contributed by atoms with Crippen LogP contribution in [0.1, 0.15) is 15.9 Å². The van der Waals surface area contributed by atoms with Crippen molar-refractivity contribution < 1.29 is 9.53 Å². The van der Waals surface area contributed by atoms with Gasteiger partial charge in [-0.2, -0.15) is 5.10 Å². The van der Waals surface area contributed by atoms with Crippen LogP contribution in [0.4, 0.5) is 0 Å². The third kappa shape index (κ3) is 5.37. The second kappa shape index (κ2) is 8.69. The minimum atomic E-state index is -0.284. The van der Waals surface area contributed by atoms with Crippen LogP contribution in [-0.2, 0) is 0 Å². The molecule has 4 nitrogen and oxygen atoms in total. The number of amides is 1. The Balaban J connectivity index is 2.07. The Bertz CT molecular complexity index is 730. The van der Waals surface area contributed by atoms with E-state index >= 15 is 0 Å². The molecule has 0 aliphatic rings. The Morgan fingerprint density at radius 1 is 1.30 bits per heavy atom. The van der Waals surface area contributed by atoms with Gasteiger partial charge in [-0.25, -0.2) is 5.43 Å². The van der Waals surface area contributed by atoms with Crippen molar-refractivity contribution in [3.63, 3.8) is 0 Å². The molecule has 0 atom stereocenters. The SMILES string of the molecule is C=CCOc1ccc(Cl)cc1/C=N\NC(=O)c1ccc(I)cc1. The number of benzene rings is 2. The number of ether oxygens (including phenoxy) is 1. The van der Waals surface area contributed by atoms with E-state index in [2.05, 4.69) is 39.7 Å². The number of nitrogens with zero attached hydrogens (tertiary/aromatic N) is 1. The van der Waals surface area contributed by atoms with Crippen molar-refractivity contribution in [2.45, 2.75) is 0 Å². The molecule has 0 bridgehead atoms. The van der Waals surface area contributed by atoms with Crippen LogP contribution < -0.4 is 10.2 Å². The van der Waals surface area contributed by atoms with Crippen molar-refractivity contribution in [1.29, 1.82) is 0 Å². The summed E-state index contributed by atoms with van der Waals surface area (Å²) in [5.74, 6) is 0.329. The standard InChI is InChI=1S/C17H14ClIN2O2/c1-2-9-23-16-8-5-14(18)10-13(16)11-20-21-17(22)12-3-6-15(19)7-4-12/h2-8,10-11H,1,9H2,(H,21,22)/b20-11-. The zero-order valence-electron chi connectivity index (χ0n) is 12.1. The second-order valence-electron chi connectivity index (χ2n) is 4.49. The molecule has 118 valence electrons. The van der Waals surface area contributed by atoms with Crippen molar-refractivity contribution in [1.82, 2.24) is 5.43 Å². The van der Waals surface area contributed by atoms with Gasteiger partial charge in [0.25, 0.3) is 5.91 Å². The van der Waals surface area contributed by atoms with E-state index in [1.165, 1.54) is 6.21 Å². The molecule has 1 N–H and O–H groups in total. The van der Waals surface area contributed by atoms with Crippen molar-refractivity contribution in [3.05, 3.63) is 74.8 Å². The van der Waals surface area contributed by atoms with Crippen LogP contribution in [-0.4, -0.2) is 18.7 Å². The van der Waals surface area contributed by atoms with E-state index in [1.807, 2.05) is 12.1 Å². The first-order valence-corrected chi connectivity index (χ1v) is 8.18. The Hall–Kier alpha value is -1.86. The van der Waals surface area contributed by atoms with Crippen molar-refractivity contribution in [2.75, 3.05) is 6.61 Å². The molecule has 6 heteroatoms. The maximum absolute atomic E-state index is 12.0. The number of carbonyl (C=O) groups is 1. The highest BCUT2D eigenvalue weighted by atomic mass is 127. The van der Waals surface area contributed by atoms with Crippen molar-refractivity contribution in [2.24, 2.45) is 5.10 Å². The first-order valence-electron chi connectivity index (χ1n) is 6.72. The van der Waals surface area contributed by atoms with Crippen molar-refractivity contribution >= 4 is 46.3 Å². The second-order valence-corrected chi connectivity index (χ2v) is 6.17. The predicted octanol–water partition coefficient (Wildman–Crippen LogP) is 4.27. The monoisotopic (exact) mass is 440 g/mol. The molecule has 0 heterocycles. The molecule has 2 aromatic carbocycles. The molecule has 0 spiro atoms. The summed E-state index contributed by atoms with van der Waals surface area (Å²) < 4.78 is 6.58. The van der Waals surface area contributed by atoms with Crippen LogP contribution in [0.3, 0.4) is 0 Å². The van der Waals surface area contributed by atoms with Gasteiger partial charge in [-0.15, -0.1) is 0 Å². The Kier molecular flexibility index (Phi) is 6.61. The van der Waals surface area contributed by atoms with Crippen LogP contribution in [0.2, 0.25) is 5.02 Å². The normalized spacial score (nSPS) is 10.5. The quantitative estimate of drug-likeness (QED) is 0.316. The number of hydrogen-bond donors (Lipinski definition) is 1. The fourth-order valence-corrected chi connectivity index (χ4v) is 2.27. The molecule has 0 aliphatic heterocycles. The molecule has 0 fully saturated rings. The summed E-state index contributed by atoms with van der Waals surface area (Å²) in [7, 11) is 0. The average Bonchev–Trinajstić information content (AvgIpc) is 2.54. The van der Waals surface area contributed by atoms with E-state index in [9.17, 15) is 4.79 Å². The molecule has 23 heavy (non-hydrogen) atoms. The third-order valence-corrected chi connectivity index (χ3v) is 3.76. The van der Waals surface area contributed by atoms with Gasteiger partial charge in [-0.1, -0.05) is 24.3 Å². The molecule has 0 radical (unpaired) electrons. The lowest BCUT2D eigenvalue weighted by molar-refractivity contribution is 0.0955. The van der Waals surface area contributed by atoms with Gasteiger partial charge in [0.1, 0.15) is 12.4 Å². The molecule has 0 saturated heterocycles. The van der Waals surface area contributed by atoms with Crippen LogP contribution in [0, 0.1) is 3.57 Å². The van der Waals surface area contributed by atoms with Crippen LogP contribution in [0.5, 0.6) is 5.75 Å². The maximum Gasteiger partial charge on any atom is 0.271 e. The molecule has 2 rings (SSSR count). The van der Waals surface area contributed by atoms with Gasteiger partial charge in [0, 0.05) is 19.7 Å². The molecule has 0 saturated carbocycles. The highest BCUT2D eigenvalue weighted by molar-refractivity contribution is 14.1. The molecular formula is C17H14ClIN2O2. The molecule has 2 aromatic rings. The minimum absolute atomic E-state index is 0.284. The third-order valence-electron chi connectivity index (χ3n) is 2.80. The number of halogens is 2. The van der Waals surface area contributed by atoms with Gasteiger partial charge >= 0.3 is 0 Å². The zero-order chi connectivity index (χ0) is 16.7. The van der Waals surface area contributed by atoms with E-state index in [1.54, 1.807) is 36.4 Å². The molecule has 0 aromatic heterocycles. The Morgan fingerprint density at radius 3 is 2.74 bits per heavy atom. The fraction of sp³-hybridized carbons (Fsp3) is 0.0588. The molecule has 0 aliphatic carbocycles. The summed E-state index contributed by atoms with van der Waals surface area (Å²) in [5, 5.41) is 4.52. The van der Waals surface area contributed by atoms with Gasteiger partial charge in [0.2, 0.25) is 0 Å². The zero-order valence-corrected chi connectivity index (χ0v) is 15.0. The number of nitrogens with one attached hydrogen (secondary N) is 1. The lowest BCUT2D eigenvalue weighted by atomic mass is 10.2. The van der Waals surface area contributed by atoms with E-state index in [0.717, 1.165) is 3.57 Å². The highest BCUT2D eigenvalue weighted by Crippen LogP contribution is 2.21. The minimum Gasteiger partial charge on any atom is -0.489 e. The first kappa shape index (κ1) is 17.5. The van der Waals surface area contributed by atoms with Crippen LogP contribution in [0.25, 0.3) is 0 Å². The molecule has 1 amide bonds. The topological polar surface area (TPSA) is 50.7 Å². The maximum atomic E-state index is 12.0. The highest BCUT2D eigenvalue weighted by Gasteiger charge is 2.05. The Labute approximate surface area is 153 Å². The van der Waals surface area contributed by atoms with Gasteiger partial charge in [-0.3, -0.25) is 4.79 Å². The summed E-state index contributed by atoms with van der Waals surface area (Å²) in [6.45, 7) is 3.98. The van der Waals surface area contributed by atoms with Crippen LogP contribution >= 0.6 is 34.2 Å². The summed E-state index contributed by atoms with van der Waals surface area (Å²) in [6, 6.07) is 12.4.